The number of thioether (sulfide) groups is 1. The fourth-order valence-corrected chi connectivity index (χ4v) is 2.56. The lowest BCUT2D eigenvalue weighted by atomic mass is 10.2. The minimum Gasteiger partial charge on any atom is -0.494 e. The van der Waals surface area contributed by atoms with Gasteiger partial charge in [0.15, 0.2) is 0 Å². The first-order valence-electron chi connectivity index (χ1n) is 6.69. The molecule has 0 bridgehead atoms. The second-order valence-electron chi connectivity index (χ2n) is 4.27. The first-order chi connectivity index (χ1) is 10.2. The summed E-state index contributed by atoms with van der Waals surface area (Å²) < 4.78 is 30.6. The Morgan fingerprint density at radius 3 is 2.57 bits per heavy atom. The second kappa shape index (κ2) is 7.88. The molecule has 0 fully saturated rings. The van der Waals surface area contributed by atoms with Crippen LogP contribution in [0.4, 0.5) is 14.5 Å². The molecule has 2 aromatic carbocycles. The Labute approximate surface area is 127 Å². The molecule has 112 valence electrons. The van der Waals surface area contributed by atoms with E-state index in [-0.39, 0.29) is 0 Å². The number of halogens is 2. The molecule has 1 N–H and O–H groups in total. The quantitative estimate of drug-likeness (QED) is 0.726. The molecule has 0 amide bonds. The van der Waals surface area contributed by atoms with Crippen LogP contribution < -0.4 is 10.1 Å². The molecule has 0 radical (unpaired) electrons. The van der Waals surface area contributed by atoms with Crippen LogP contribution in [-0.4, -0.2) is 12.4 Å². The van der Waals surface area contributed by atoms with Crippen LogP contribution in [0.15, 0.2) is 53.4 Å². The van der Waals surface area contributed by atoms with Gasteiger partial charge in [0.25, 0.3) is 5.76 Å². The zero-order valence-electron chi connectivity index (χ0n) is 11.7. The van der Waals surface area contributed by atoms with Crippen molar-refractivity contribution < 1.29 is 13.5 Å². The molecule has 0 aromatic heterocycles. The van der Waals surface area contributed by atoms with Gasteiger partial charge in [0, 0.05) is 22.7 Å². The standard InChI is InChI=1S/C16H17F2NOS/c1-2-20-14-9-5-3-7-12(14)11-19-13-8-4-6-10-15(13)21-16(17)18/h3-10,16,19H,2,11H2,1H3. The van der Waals surface area contributed by atoms with E-state index in [0.717, 1.165) is 11.3 Å². The molecule has 0 saturated heterocycles. The van der Waals surface area contributed by atoms with Crippen molar-refractivity contribution in [2.24, 2.45) is 0 Å². The summed E-state index contributed by atoms with van der Waals surface area (Å²) in [5, 5.41) is 3.20. The van der Waals surface area contributed by atoms with E-state index < -0.39 is 5.76 Å². The summed E-state index contributed by atoms with van der Waals surface area (Å²) in [7, 11) is 0. The Hall–Kier alpha value is -1.75. The Bertz CT molecular complexity index is 578. The summed E-state index contributed by atoms with van der Waals surface area (Å²) in [6, 6.07) is 14.8. The highest BCUT2D eigenvalue weighted by Crippen LogP contribution is 2.32. The minimum atomic E-state index is -2.43. The topological polar surface area (TPSA) is 21.3 Å². The highest BCUT2D eigenvalue weighted by Gasteiger charge is 2.10. The summed E-state index contributed by atoms with van der Waals surface area (Å²) in [6.45, 7) is 3.05. The van der Waals surface area contributed by atoms with Crippen molar-refractivity contribution in [3.05, 3.63) is 54.1 Å². The zero-order chi connectivity index (χ0) is 15.1. The van der Waals surface area contributed by atoms with E-state index in [1.807, 2.05) is 37.3 Å². The first kappa shape index (κ1) is 15.6. The zero-order valence-corrected chi connectivity index (χ0v) is 12.5. The smallest absolute Gasteiger partial charge is 0.288 e. The van der Waals surface area contributed by atoms with Gasteiger partial charge in [-0.05, 0) is 25.1 Å². The number of alkyl halides is 2. The van der Waals surface area contributed by atoms with Crippen molar-refractivity contribution in [2.45, 2.75) is 24.1 Å². The van der Waals surface area contributed by atoms with Gasteiger partial charge in [-0.3, -0.25) is 0 Å². The van der Waals surface area contributed by atoms with Crippen LogP contribution in [0.25, 0.3) is 0 Å². The molecule has 2 nitrogen and oxygen atoms in total. The summed E-state index contributed by atoms with van der Waals surface area (Å²) in [5.74, 6) is -1.62. The van der Waals surface area contributed by atoms with Crippen LogP contribution in [-0.2, 0) is 6.54 Å². The molecule has 0 aliphatic carbocycles. The minimum absolute atomic E-state index is 0.525. The summed E-state index contributed by atoms with van der Waals surface area (Å²) in [5.41, 5.74) is 1.70. The Balaban J connectivity index is 2.10. The molecule has 0 spiro atoms. The SMILES string of the molecule is CCOc1ccccc1CNc1ccccc1SC(F)F. The van der Waals surface area contributed by atoms with E-state index in [2.05, 4.69) is 5.32 Å². The lowest BCUT2D eigenvalue weighted by Gasteiger charge is -2.14. The molecule has 0 aliphatic rings. The average Bonchev–Trinajstić information content (AvgIpc) is 2.47. The fourth-order valence-electron chi connectivity index (χ4n) is 1.95. The molecule has 21 heavy (non-hydrogen) atoms. The monoisotopic (exact) mass is 309 g/mol. The predicted octanol–water partition coefficient (Wildman–Crippen LogP) is 5.01. The molecular formula is C16H17F2NOS. The number of benzene rings is 2. The van der Waals surface area contributed by atoms with Crippen LogP contribution in [0.2, 0.25) is 0 Å². The average molecular weight is 309 g/mol. The van der Waals surface area contributed by atoms with Crippen molar-refractivity contribution in [1.29, 1.82) is 0 Å². The maximum absolute atomic E-state index is 12.5. The van der Waals surface area contributed by atoms with Crippen LogP contribution in [0.1, 0.15) is 12.5 Å². The largest absolute Gasteiger partial charge is 0.494 e. The van der Waals surface area contributed by atoms with Crippen molar-refractivity contribution in [3.8, 4) is 5.75 Å². The molecule has 0 aliphatic heterocycles. The van der Waals surface area contributed by atoms with Crippen molar-refractivity contribution in [3.63, 3.8) is 0 Å². The van der Waals surface area contributed by atoms with Crippen LogP contribution >= 0.6 is 11.8 Å². The van der Waals surface area contributed by atoms with E-state index in [1.165, 1.54) is 0 Å². The second-order valence-corrected chi connectivity index (χ2v) is 5.30. The maximum Gasteiger partial charge on any atom is 0.288 e. The number of rotatable bonds is 7. The van der Waals surface area contributed by atoms with E-state index in [1.54, 1.807) is 18.2 Å². The van der Waals surface area contributed by atoms with E-state index in [9.17, 15) is 8.78 Å². The third kappa shape index (κ3) is 4.63. The lowest BCUT2D eigenvalue weighted by molar-refractivity contribution is 0.252. The molecule has 0 atom stereocenters. The Kier molecular flexibility index (Phi) is 5.87. The van der Waals surface area contributed by atoms with Crippen LogP contribution in [0, 0.1) is 0 Å². The van der Waals surface area contributed by atoms with Crippen LogP contribution in [0.3, 0.4) is 0 Å². The van der Waals surface area contributed by atoms with Gasteiger partial charge in [-0.2, -0.15) is 8.78 Å². The molecule has 2 aromatic rings. The lowest BCUT2D eigenvalue weighted by Crippen LogP contribution is -2.04. The highest BCUT2D eigenvalue weighted by atomic mass is 32.2. The number of hydrogen-bond donors (Lipinski definition) is 1. The van der Waals surface area contributed by atoms with Gasteiger partial charge in [-0.25, -0.2) is 0 Å². The van der Waals surface area contributed by atoms with Gasteiger partial charge in [-0.1, -0.05) is 42.1 Å². The summed E-state index contributed by atoms with van der Waals surface area (Å²) in [6.07, 6.45) is 0. The molecule has 5 heteroatoms. The van der Waals surface area contributed by atoms with Crippen molar-refractivity contribution >= 4 is 17.4 Å². The van der Waals surface area contributed by atoms with Crippen LogP contribution in [0.5, 0.6) is 5.75 Å². The van der Waals surface area contributed by atoms with Crippen molar-refractivity contribution in [1.82, 2.24) is 0 Å². The predicted molar refractivity (Wildman–Crippen MR) is 83.2 cm³/mol. The Morgan fingerprint density at radius 2 is 1.81 bits per heavy atom. The number of nitrogens with one attached hydrogen (secondary N) is 1. The highest BCUT2D eigenvalue weighted by molar-refractivity contribution is 7.99. The van der Waals surface area contributed by atoms with Gasteiger partial charge >= 0.3 is 0 Å². The number of para-hydroxylation sites is 2. The molecule has 0 saturated carbocycles. The molecular weight excluding hydrogens is 292 g/mol. The van der Waals surface area contributed by atoms with E-state index in [4.69, 9.17) is 4.74 Å². The van der Waals surface area contributed by atoms with Gasteiger partial charge in [0.2, 0.25) is 0 Å². The third-order valence-corrected chi connectivity index (χ3v) is 3.63. The van der Waals surface area contributed by atoms with Gasteiger partial charge < -0.3 is 10.1 Å². The van der Waals surface area contributed by atoms with E-state index in [0.29, 0.717) is 35.5 Å². The van der Waals surface area contributed by atoms with Crippen molar-refractivity contribution in [2.75, 3.05) is 11.9 Å². The normalized spacial score (nSPS) is 10.7. The maximum atomic E-state index is 12.5. The summed E-state index contributed by atoms with van der Waals surface area (Å²) in [4.78, 5) is 0.543. The first-order valence-corrected chi connectivity index (χ1v) is 7.57. The third-order valence-electron chi connectivity index (χ3n) is 2.84. The summed E-state index contributed by atoms with van der Waals surface area (Å²) >= 11 is 0.548. The number of hydrogen-bond acceptors (Lipinski definition) is 3. The van der Waals surface area contributed by atoms with Gasteiger partial charge in [0.05, 0.1) is 6.61 Å². The number of ether oxygens (including phenoxy) is 1. The van der Waals surface area contributed by atoms with Gasteiger partial charge in [0.1, 0.15) is 5.75 Å². The molecule has 0 heterocycles. The van der Waals surface area contributed by atoms with Gasteiger partial charge in [-0.15, -0.1) is 0 Å². The van der Waals surface area contributed by atoms with E-state index >= 15 is 0 Å². The Morgan fingerprint density at radius 1 is 1.10 bits per heavy atom. The molecule has 0 unspecified atom stereocenters. The number of anilines is 1. The molecule has 2 rings (SSSR count). The fraction of sp³-hybridized carbons (Fsp3) is 0.250.